The molecule has 0 fully saturated rings. The first kappa shape index (κ1) is 16.7. The Bertz CT molecular complexity index is 499. The van der Waals surface area contributed by atoms with Gasteiger partial charge in [-0.15, -0.1) is 0 Å². The molecule has 0 aromatic carbocycles. The van der Waals surface area contributed by atoms with Gasteiger partial charge < -0.3 is 20.5 Å². The number of hydrogen-bond donors (Lipinski definition) is 3. The lowest BCUT2D eigenvalue weighted by Gasteiger charge is -2.19. The van der Waals surface area contributed by atoms with Gasteiger partial charge in [-0.2, -0.15) is 0 Å². The molecule has 8 heteroatoms. The van der Waals surface area contributed by atoms with Crippen molar-refractivity contribution in [1.29, 1.82) is 0 Å². The molecule has 0 saturated carbocycles. The van der Waals surface area contributed by atoms with Crippen LogP contribution in [0.15, 0.2) is 12.4 Å². The molecule has 1 aromatic heterocycles. The Balaban J connectivity index is 2.24. The summed E-state index contributed by atoms with van der Waals surface area (Å²) < 4.78 is 5.09. The lowest BCUT2D eigenvalue weighted by atomic mass is 10.2. The third-order valence-corrected chi connectivity index (χ3v) is 2.21. The predicted molar refractivity (Wildman–Crippen MR) is 76.3 cm³/mol. The first-order valence-corrected chi connectivity index (χ1v) is 6.54. The lowest BCUT2D eigenvalue weighted by molar-refractivity contribution is 0.0527. The normalized spacial score (nSPS) is 10.8. The number of carboxylic acid groups (broad SMARTS) is 1. The molecule has 1 rings (SSSR count). The molecule has 0 radical (unpaired) electrons. The van der Waals surface area contributed by atoms with Crippen LogP contribution in [0.2, 0.25) is 0 Å². The van der Waals surface area contributed by atoms with E-state index in [2.05, 4.69) is 20.6 Å². The van der Waals surface area contributed by atoms with Gasteiger partial charge in [0, 0.05) is 19.2 Å². The largest absolute Gasteiger partial charge is 0.477 e. The van der Waals surface area contributed by atoms with Crippen molar-refractivity contribution in [3.8, 4) is 0 Å². The molecule has 21 heavy (non-hydrogen) atoms. The van der Waals surface area contributed by atoms with Gasteiger partial charge in [0.25, 0.3) is 0 Å². The second-order valence-corrected chi connectivity index (χ2v) is 5.30. The number of amides is 1. The Morgan fingerprint density at radius 2 is 2.00 bits per heavy atom. The van der Waals surface area contributed by atoms with Gasteiger partial charge in [0.05, 0.1) is 0 Å². The summed E-state index contributed by atoms with van der Waals surface area (Å²) in [6.45, 7) is 6.36. The minimum atomic E-state index is -1.10. The van der Waals surface area contributed by atoms with Crippen molar-refractivity contribution < 1.29 is 19.4 Å². The second kappa shape index (κ2) is 7.41. The number of ether oxygens (including phenoxy) is 1. The zero-order valence-electron chi connectivity index (χ0n) is 12.3. The third-order valence-electron chi connectivity index (χ3n) is 2.21. The van der Waals surface area contributed by atoms with Crippen LogP contribution < -0.4 is 10.6 Å². The molecule has 1 aromatic rings. The summed E-state index contributed by atoms with van der Waals surface area (Å²) in [4.78, 5) is 29.6. The standard InChI is InChI=1S/C13H20N4O4/c1-13(2,3)21-12(20)15-6-4-5-14-10-7-9(11(18)19)16-8-17-10/h7-8H,4-6H2,1-3H3,(H,15,20)(H,18,19)(H,14,16,17). The van der Waals surface area contributed by atoms with Crippen molar-refractivity contribution in [2.24, 2.45) is 0 Å². The van der Waals surface area contributed by atoms with Crippen molar-refractivity contribution in [1.82, 2.24) is 15.3 Å². The summed E-state index contributed by atoms with van der Waals surface area (Å²) in [7, 11) is 0. The van der Waals surface area contributed by atoms with Gasteiger partial charge in [0.2, 0.25) is 0 Å². The highest BCUT2D eigenvalue weighted by Crippen LogP contribution is 2.06. The molecule has 0 bridgehead atoms. The van der Waals surface area contributed by atoms with Gasteiger partial charge in [0.15, 0.2) is 5.69 Å². The second-order valence-electron chi connectivity index (χ2n) is 5.30. The highest BCUT2D eigenvalue weighted by molar-refractivity contribution is 5.85. The lowest BCUT2D eigenvalue weighted by Crippen LogP contribution is -2.33. The van der Waals surface area contributed by atoms with Gasteiger partial charge in [-0.05, 0) is 27.2 Å². The number of carbonyl (C=O) groups excluding carboxylic acids is 1. The van der Waals surface area contributed by atoms with Crippen LogP contribution in [0.25, 0.3) is 0 Å². The van der Waals surface area contributed by atoms with E-state index in [-0.39, 0.29) is 5.69 Å². The number of nitrogens with zero attached hydrogens (tertiary/aromatic N) is 2. The number of alkyl carbamates (subject to hydrolysis) is 1. The average molecular weight is 296 g/mol. The molecule has 0 spiro atoms. The molecule has 0 saturated heterocycles. The van der Waals surface area contributed by atoms with Crippen LogP contribution in [0.3, 0.4) is 0 Å². The molecule has 0 aliphatic heterocycles. The first-order chi connectivity index (χ1) is 9.78. The van der Waals surface area contributed by atoms with Gasteiger partial charge in [-0.3, -0.25) is 0 Å². The van der Waals surface area contributed by atoms with Gasteiger partial charge >= 0.3 is 12.1 Å². The van der Waals surface area contributed by atoms with E-state index < -0.39 is 17.7 Å². The fourth-order valence-electron chi connectivity index (χ4n) is 1.38. The monoisotopic (exact) mass is 296 g/mol. The average Bonchev–Trinajstić information content (AvgIpc) is 2.36. The van der Waals surface area contributed by atoms with Gasteiger partial charge in [-0.1, -0.05) is 0 Å². The maximum absolute atomic E-state index is 11.4. The van der Waals surface area contributed by atoms with Crippen LogP contribution in [0.4, 0.5) is 10.6 Å². The Morgan fingerprint density at radius 3 is 2.62 bits per heavy atom. The number of carbonyl (C=O) groups is 2. The van der Waals surface area contributed by atoms with Crippen molar-refractivity contribution in [3.63, 3.8) is 0 Å². The topological polar surface area (TPSA) is 113 Å². The molecule has 116 valence electrons. The van der Waals surface area contributed by atoms with E-state index in [1.807, 2.05) is 0 Å². The van der Waals surface area contributed by atoms with Crippen LogP contribution in [0, 0.1) is 0 Å². The quantitative estimate of drug-likeness (QED) is 0.682. The zero-order chi connectivity index (χ0) is 15.9. The maximum atomic E-state index is 11.4. The number of nitrogens with one attached hydrogen (secondary N) is 2. The van der Waals surface area contributed by atoms with Crippen LogP contribution in [-0.2, 0) is 4.74 Å². The third kappa shape index (κ3) is 7.09. The highest BCUT2D eigenvalue weighted by atomic mass is 16.6. The Hall–Kier alpha value is -2.38. The smallest absolute Gasteiger partial charge is 0.407 e. The number of anilines is 1. The van der Waals surface area contributed by atoms with Crippen LogP contribution >= 0.6 is 0 Å². The summed E-state index contributed by atoms with van der Waals surface area (Å²) in [6, 6.07) is 1.35. The SMILES string of the molecule is CC(C)(C)OC(=O)NCCCNc1cc(C(=O)O)ncn1. The van der Waals surface area contributed by atoms with E-state index in [9.17, 15) is 9.59 Å². The molecular weight excluding hydrogens is 276 g/mol. The van der Waals surface area contributed by atoms with E-state index in [0.29, 0.717) is 25.3 Å². The predicted octanol–water partition coefficient (Wildman–Crippen LogP) is 1.50. The van der Waals surface area contributed by atoms with E-state index >= 15 is 0 Å². The molecule has 3 N–H and O–H groups in total. The van der Waals surface area contributed by atoms with Crippen molar-refractivity contribution in [3.05, 3.63) is 18.1 Å². The first-order valence-electron chi connectivity index (χ1n) is 6.54. The van der Waals surface area contributed by atoms with E-state index in [1.165, 1.54) is 12.4 Å². The number of hydrogen-bond acceptors (Lipinski definition) is 6. The van der Waals surface area contributed by atoms with Crippen molar-refractivity contribution >= 4 is 17.9 Å². The number of carboxylic acids is 1. The van der Waals surface area contributed by atoms with Gasteiger partial charge in [0.1, 0.15) is 17.7 Å². The molecule has 1 heterocycles. The van der Waals surface area contributed by atoms with Crippen LogP contribution in [-0.4, -0.2) is 45.8 Å². The Morgan fingerprint density at radius 1 is 1.29 bits per heavy atom. The minimum Gasteiger partial charge on any atom is -0.477 e. The zero-order valence-corrected chi connectivity index (χ0v) is 12.3. The molecule has 0 atom stereocenters. The summed E-state index contributed by atoms with van der Waals surface area (Å²) in [5, 5.41) is 14.4. The Labute approximate surface area is 122 Å². The number of rotatable bonds is 6. The fraction of sp³-hybridized carbons (Fsp3) is 0.538. The molecular formula is C13H20N4O4. The molecule has 0 aliphatic carbocycles. The van der Waals surface area contributed by atoms with E-state index in [1.54, 1.807) is 20.8 Å². The van der Waals surface area contributed by atoms with Crippen LogP contribution in [0.1, 0.15) is 37.7 Å². The van der Waals surface area contributed by atoms with E-state index in [4.69, 9.17) is 9.84 Å². The summed E-state index contributed by atoms with van der Waals surface area (Å²) >= 11 is 0. The Kier molecular flexibility index (Phi) is 5.89. The molecule has 0 unspecified atom stereocenters. The maximum Gasteiger partial charge on any atom is 0.407 e. The fourth-order valence-corrected chi connectivity index (χ4v) is 1.38. The van der Waals surface area contributed by atoms with Crippen LogP contribution in [0.5, 0.6) is 0 Å². The van der Waals surface area contributed by atoms with E-state index in [0.717, 1.165) is 0 Å². The molecule has 0 aliphatic rings. The molecule has 1 amide bonds. The minimum absolute atomic E-state index is 0.0700. The van der Waals surface area contributed by atoms with Gasteiger partial charge in [-0.25, -0.2) is 19.6 Å². The number of aromatic carboxylic acids is 1. The number of aromatic nitrogens is 2. The highest BCUT2D eigenvalue weighted by Gasteiger charge is 2.15. The van der Waals surface area contributed by atoms with Crippen molar-refractivity contribution in [2.75, 3.05) is 18.4 Å². The molecule has 8 nitrogen and oxygen atoms in total. The van der Waals surface area contributed by atoms with Crippen molar-refractivity contribution in [2.45, 2.75) is 32.8 Å². The summed E-state index contributed by atoms with van der Waals surface area (Å²) in [5.41, 5.74) is -0.587. The summed E-state index contributed by atoms with van der Waals surface area (Å²) in [6.07, 6.45) is 1.37. The summed E-state index contributed by atoms with van der Waals surface area (Å²) in [5.74, 6) is -0.674.